The van der Waals surface area contributed by atoms with Gasteiger partial charge in [-0.05, 0) is 36.9 Å². The zero-order valence-electron chi connectivity index (χ0n) is 10.8. The topological polar surface area (TPSA) is 12.9 Å². The Hall–Kier alpha value is 0.654. The van der Waals surface area contributed by atoms with Gasteiger partial charge >= 0.3 is 0 Å². The van der Waals surface area contributed by atoms with Gasteiger partial charge in [-0.3, -0.25) is 4.98 Å². The Bertz CT molecular complexity index is 238. The van der Waals surface area contributed by atoms with Crippen molar-refractivity contribution in [1.82, 2.24) is 4.98 Å². The molecule has 2 rings (SSSR count). The predicted molar refractivity (Wildman–Crippen MR) is 81.8 cm³/mol. The van der Waals surface area contributed by atoms with Crippen molar-refractivity contribution in [3.8, 4) is 0 Å². The summed E-state index contributed by atoms with van der Waals surface area (Å²) in [6, 6.07) is 4.17. The second kappa shape index (κ2) is 17.7. The Morgan fingerprint density at radius 2 is 1.50 bits per heavy atom. The van der Waals surface area contributed by atoms with Gasteiger partial charge in [0.2, 0.25) is 0 Å². The third-order valence-corrected chi connectivity index (χ3v) is 3.41. The molecule has 0 bridgehead atoms. The van der Waals surface area contributed by atoms with Gasteiger partial charge in [-0.2, -0.15) is 0 Å². The van der Waals surface area contributed by atoms with Gasteiger partial charge in [0.25, 0.3) is 0 Å². The van der Waals surface area contributed by atoms with E-state index in [0.717, 1.165) is 8.58 Å². The molecule has 1 unspecified atom stereocenters. The maximum absolute atomic E-state index is 4.11. The molecule has 18 heavy (non-hydrogen) atoms. The fraction of sp³-hybridized carbons (Fsp3) is 0.615. The van der Waals surface area contributed by atoms with Gasteiger partial charge in [0.1, 0.15) is 0 Å². The van der Waals surface area contributed by atoms with Crippen LogP contribution in [0.25, 0.3) is 0 Å². The van der Waals surface area contributed by atoms with Crippen LogP contribution in [-0.4, -0.2) is 17.8 Å². The number of aryl methyl sites for hydroxylation is 1. The zero-order chi connectivity index (χ0) is 12.8. The van der Waals surface area contributed by atoms with Crippen LogP contribution in [0.3, 0.4) is 0 Å². The molecule has 1 aromatic heterocycles. The van der Waals surface area contributed by atoms with Gasteiger partial charge in [-0.1, -0.05) is 32.1 Å². The predicted octanol–water partition coefficient (Wildman–Crippen LogP) is 5.26. The van der Waals surface area contributed by atoms with Crippen molar-refractivity contribution in [1.29, 1.82) is 0 Å². The van der Waals surface area contributed by atoms with Crippen LogP contribution in [0.1, 0.15) is 37.7 Å². The monoisotopic (exact) mass is 351 g/mol. The van der Waals surface area contributed by atoms with Crippen LogP contribution >= 0.6 is 30.3 Å². The fourth-order valence-electron chi connectivity index (χ4n) is 1.70. The van der Waals surface area contributed by atoms with Gasteiger partial charge in [0.15, 0.2) is 0 Å². The first-order chi connectivity index (χ1) is 8.43. The van der Waals surface area contributed by atoms with E-state index in [4.69, 9.17) is 0 Å². The number of aromatic nitrogens is 1. The number of halogens is 2. The minimum Gasteiger partial charge on any atom is -0.265 e. The normalized spacial score (nSPS) is 13.1. The van der Waals surface area contributed by atoms with E-state index in [9.17, 15) is 0 Å². The molecule has 108 valence electrons. The Balaban J connectivity index is 0. The maximum atomic E-state index is 4.11. The van der Waals surface area contributed by atoms with Crippen LogP contribution in [0.5, 0.6) is 0 Å². The molecule has 1 aromatic rings. The summed E-state index contributed by atoms with van der Waals surface area (Å²) < 4.78 is 0. The van der Waals surface area contributed by atoms with Crippen LogP contribution in [0.4, 0.5) is 0 Å². The second-order valence-electron chi connectivity index (χ2n) is 3.98. The average molecular weight is 353 g/mol. The minimum absolute atomic E-state index is 0. The van der Waals surface area contributed by atoms with E-state index in [-0.39, 0.29) is 16.5 Å². The van der Waals surface area contributed by atoms with Crippen molar-refractivity contribution < 1.29 is 16.5 Å². The van der Waals surface area contributed by atoms with Gasteiger partial charge < -0.3 is 0 Å². The smallest absolute Gasteiger partial charge is 0.0270 e. The molecular formula is C13H22Cl2NNiP. The molecule has 0 spiro atoms. The third kappa shape index (κ3) is 13.1. The molecular weight excluding hydrogens is 331 g/mol. The number of rotatable bonds is 3. The van der Waals surface area contributed by atoms with Gasteiger partial charge in [0.05, 0.1) is 0 Å². The number of nitrogens with zero attached hydrogens (tertiary/aromatic N) is 1. The Morgan fingerprint density at radius 3 is 1.89 bits per heavy atom. The second-order valence-corrected chi connectivity index (χ2v) is 5.18. The van der Waals surface area contributed by atoms with E-state index in [0.29, 0.717) is 0 Å². The minimum atomic E-state index is 0. The van der Waals surface area contributed by atoms with Gasteiger partial charge in [-0.25, -0.2) is 0 Å². The van der Waals surface area contributed by atoms with Crippen LogP contribution in [0.2, 0.25) is 0 Å². The van der Waals surface area contributed by atoms with Crippen LogP contribution in [-0.2, 0) is 22.9 Å². The molecule has 1 fully saturated rings. The summed E-state index contributed by atoms with van der Waals surface area (Å²) in [5, 5.41) is 0. The number of pyridine rings is 1. The number of hydrogen-bond donors (Lipinski definition) is 0. The van der Waals surface area contributed by atoms with Crippen molar-refractivity contribution in [3.05, 3.63) is 30.1 Å². The molecule has 0 aliphatic heterocycles. The van der Waals surface area contributed by atoms with Crippen LogP contribution < -0.4 is 0 Å². The van der Waals surface area contributed by atoms with E-state index in [1.165, 1.54) is 50.3 Å². The largest absolute Gasteiger partial charge is 0.265 e. The Kier molecular flexibility index (Phi) is 20.6. The van der Waals surface area contributed by atoms with E-state index < -0.39 is 0 Å². The maximum Gasteiger partial charge on any atom is 0.0270 e. The van der Waals surface area contributed by atoms with Crippen LogP contribution in [0.15, 0.2) is 24.5 Å². The zero-order valence-corrected chi connectivity index (χ0v) is 14.3. The molecule has 1 atom stereocenters. The summed E-state index contributed by atoms with van der Waals surface area (Å²) in [6.45, 7) is 2.24. The summed E-state index contributed by atoms with van der Waals surface area (Å²) in [6.07, 6.45) is 13.7. The standard InChI is InChI=1S/C8H12NP.C5H10.Cl2.Ni/c1-10-7-4-8-2-5-9-6-3-8;1-2-4-5-3-1;1-2;/h2-3,5-6,10H,4,7H2,1H3;1-5H2;;. The summed E-state index contributed by atoms with van der Waals surface area (Å²) in [7, 11) is 9.29. The van der Waals surface area contributed by atoms with Crippen molar-refractivity contribution in [3.63, 3.8) is 0 Å². The first-order valence-electron chi connectivity index (χ1n) is 6.11. The molecule has 1 aliphatic rings. The molecule has 0 N–H and O–H groups in total. The average Bonchev–Trinajstić information content (AvgIpc) is 2.99. The molecule has 1 heterocycles. The molecule has 0 saturated heterocycles. The van der Waals surface area contributed by atoms with Gasteiger partial charge in [0, 0.05) is 50.6 Å². The fourth-order valence-corrected chi connectivity index (χ4v) is 2.24. The molecule has 0 aromatic carbocycles. The first kappa shape index (κ1) is 21.0. The first-order valence-corrected chi connectivity index (χ1v) is 8.96. The van der Waals surface area contributed by atoms with Crippen LogP contribution in [0, 0.1) is 0 Å². The molecule has 0 amide bonds. The van der Waals surface area contributed by atoms with Gasteiger partial charge in [-0.15, -0.1) is 8.58 Å². The molecule has 1 saturated carbocycles. The van der Waals surface area contributed by atoms with Crippen molar-refractivity contribution in [2.75, 3.05) is 12.8 Å². The summed E-state index contributed by atoms with van der Waals surface area (Å²) in [5.74, 6) is 0. The van der Waals surface area contributed by atoms with E-state index in [1.807, 2.05) is 12.4 Å². The number of hydrogen-bond acceptors (Lipinski definition) is 1. The van der Waals surface area contributed by atoms with E-state index >= 15 is 0 Å². The summed E-state index contributed by atoms with van der Waals surface area (Å²) in [4.78, 5) is 3.96. The van der Waals surface area contributed by atoms with E-state index in [1.54, 1.807) is 0 Å². The van der Waals surface area contributed by atoms with E-state index in [2.05, 4.69) is 45.5 Å². The summed E-state index contributed by atoms with van der Waals surface area (Å²) >= 11 is 0. The van der Waals surface area contributed by atoms with Crippen molar-refractivity contribution in [2.24, 2.45) is 0 Å². The SMILES string of the molecule is C1CCCC1.CPCCc1ccncc1.ClCl.[Ni]. The Morgan fingerprint density at radius 1 is 1.06 bits per heavy atom. The quantitative estimate of drug-likeness (QED) is 0.534. The molecule has 1 aliphatic carbocycles. The Labute approximate surface area is 133 Å². The molecule has 0 radical (unpaired) electrons. The van der Waals surface area contributed by atoms with Crippen molar-refractivity contribution >= 4 is 30.3 Å². The third-order valence-electron chi connectivity index (χ3n) is 2.66. The molecule has 1 nitrogen and oxygen atoms in total. The van der Waals surface area contributed by atoms with Crippen molar-refractivity contribution in [2.45, 2.75) is 38.5 Å². The summed E-state index contributed by atoms with van der Waals surface area (Å²) in [5.41, 5.74) is 1.41. The molecule has 5 heteroatoms.